The minimum Gasteiger partial charge on any atom is -0.391 e. The lowest BCUT2D eigenvalue weighted by Gasteiger charge is -2.03. The van der Waals surface area contributed by atoms with Gasteiger partial charge >= 0.3 is 0 Å². The molecule has 0 fully saturated rings. The first-order valence-electron chi connectivity index (χ1n) is 7.34. The lowest BCUT2D eigenvalue weighted by Crippen LogP contribution is -1.98. The molecule has 0 amide bonds. The Kier molecular flexibility index (Phi) is 5.94. The van der Waals surface area contributed by atoms with Gasteiger partial charge in [-0.15, -0.1) is 0 Å². The van der Waals surface area contributed by atoms with Crippen LogP contribution in [0.25, 0.3) is 5.82 Å². The van der Waals surface area contributed by atoms with Gasteiger partial charge in [-0.1, -0.05) is 31.5 Å². The largest absolute Gasteiger partial charge is 0.391 e. The molecule has 2 rings (SSSR count). The van der Waals surface area contributed by atoms with E-state index < -0.39 is 0 Å². The summed E-state index contributed by atoms with van der Waals surface area (Å²) in [4.78, 5) is 9.60. The Hall–Kier alpha value is -2.17. The fourth-order valence-corrected chi connectivity index (χ4v) is 1.88. The highest BCUT2D eigenvalue weighted by Crippen LogP contribution is 2.07. The molecule has 0 aliphatic rings. The molecule has 0 radical (unpaired) electrons. The van der Waals surface area contributed by atoms with E-state index in [2.05, 4.69) is 29.1 Å². The van der Waals surface area contributed by atoms with Crippen LogP contribution in [0.15, 0.2) is 41.9 Å². The quantitative estimate of drug-likeness (QED) is 0.423. The zero-order valence-electron chi connectivity index (χ0n) is 12.6. The number of unbranched alkanes of at least 4 members (excludes halogenated alkanes) is 1. The third kappa shape index (κ3) is 5.38. The van der Waals surface area contributed by atoms with Gasteiger partial charge in [0.1, 0.15) is 6.61 Å². The maximum absolute atomic E-state index is 5.26. The van der Waals surface area contributed by atoms with Crippen molar-refractivity contribution in [2.24, 2.45) is 11.1 Å². The molecular weight excluding hydrogens is 264 g/mol. The molecule has 2 aromatic rings. The van der Waals surface area contributed by atoms with E-state index in [1.165, 1.54) is 6.42 Å². The molecule has 0 atom stereocenters. The molecule has 0 aromatic carbocycles. The summed E-state index contributed by atoms with van der Waals surface area (Å²) in [5, 5.41) is 8.10. The van der Waals surface area contributed by atoms with Gasteiger partial charge in [-0.2, -0.15) is 5.10 Å². The minimum absolute atomic E-state index is 0.438. The molecule has 0 unspecified atom stereocenters. The van der Waals surface area contributed by atoms with Crippen molar-refractivity contribution >= 4 is 6.21 Å². The molecule has 0 saturated heterocycles. The van der Waals surface area contributed by atoms with Crippen molar-refractivity contribution in [1.82, 2.24) is 14.8 Å². The number of rotatable bonds is 8. The number of pyridine rings is 1. The minimum atomic E-state index is 0.438. The fraction of sp³-hybridized carbons (Fsp3) is 0.438. The molecular formula is C16H22N4O. The van der Waals surface area contributed by atoms with Crippen LogP contribution in [-0.4, -0.2) is 21.0 Å². The van der Waals surface area contributed by atoms with E-state index in [0.29, 0.717) is 6.61 Å². The van der Waals surface area contributed by atoms with Crippen LogP contribution in [0.1, 0.15) is 38.7 Å². The standard InChI is InChI=1S/C16H22N4O/c1-14(2)6-3-4-10-19-21-13-15-7-8-16(17-12-15)20-11-5-9-18-20/h5,7-12,14H,3-4,6,13H2,1-2H3. The van der Waals surface area contributed by atoms with Crippen molar-refractivity contribution in [3.8, 4) is 5.82 Å². The summed E-state index contributed by atoms with van der Waals surface area (Å²) >= 11 is 0. The van der Waals surface area contributed by atoms with Gasteiger partial charge in [0, 0.05) is 30.4 Å². The second-order valence-corrected chi connectivity index (χ2v) is 5.36. The van der Waals surface area contributed by atoms with Crippen molar-refractivity contribution < 1.29 is 4.84 Å². The monoisotopic (exact) mass is 286 g/mol. The number of hydrogen-bond acceptors (Lipinski definition) is 4. The van der Waals surface area contributed by atoms with Crippen LogP contribution in [0.2, 0.25) is 0 Å². The number of nitrogens with zero attached hydrogens (tertiary/aromatic N) is 4. The zero-order valence-corrected chi connectivity index (χ0v) is 12.6. The molecule has 0 saturated carbocycles. The Balaban J connectivity index is 1.70. The Morgan fingerprint density at radius 3 is 2.95 bits per heavy atom. The first-order valence-corrected chi connectivity index (χ1v) is 7.34. The number of oxime groups is 1. The van der Waals surface area contributed by atoms with Crippen LogP contribution >= 0.6 is 0 Å². The van der Waals surface area contributed by atoms with Gasteiger partial charge in [0.05, 0.1) is 0 Å². The molecule has 0 N–H and O–H groups in total. The Bertz CT molecular complexity index is 532. The maximum atomic E-state index is 5.26. The third-order valence-electron chi connectivity index (χ3n) is 3.04. The average molecular weight is 286 g/mol. The van der Waals surface area contributed by atoms with Crippen LogP contribution in [-0.2, 0) is 11.4 Å². The fourth-order valence-electron chi connectivity index (χ4n) is 1.88. The molecule has 5 heteroatoms. The number of hydrogen-bond donors (Lipinski definition) is 0. The second-order valence-electron chi connectivity index (χ2n) is 5.36. The molecule has 0 aliphatic carbocycles. The van der Waals surface area contributed by atoms with E-state index in [1.807, 2.05) is 30.6 Å². The summed E-state index contributed by atoms with van der Waals surface area (Å²) in [6, 6.07) is 5.75. The predicted octanol–water partition coefficient (Wildman–Crippen LogP) is 3.60. The first-order chi connectivity index (χ1) is 10.3. The normalized spacial score (nSPS) is 11.4. The van der Waals surface area contributed by atoms with E-state index in [0.717, 1.165) is 30.1 Å². The predicted molar refractivity (Wildman–Crippen MR) is 83.3 cm³/mol. The summed E-state index contributed by atoms with van der Waals surface area (Å²) in [5.74, 6) is 1.54. The van der Waals surface area contributed by atoms with Gasteiger partial charge in [0.15, 0.2) is 5.82 Å². The van der Waals surface area contributed by atoms with Crippen LogP contribution in [0.3, 0.4) is 0 Å². The summed E-state index contributed by atoms with van der Waals surface area (Å²) in [6.45, 7) is 4.90. The highest BCUT2D eigenvalue weighted by Gasteiger charge is 1.98. The third-order valence-corrected chi connectivity index (χ3v) is 3.04. The highest BCUT2D eigenvalue weighted by molar-refractivity contribution is 5.56. The first kappa shape index (κ1) is 15.2. The topological polar surface area (TPSA) is 52.3 Å². The van der Waals surface area contributed by atoms with E-state index in [9.17, 15) is 0 Å². The number of aromatic nitrogens is 3. The molecule has 0 aliphatic heterocycles. The zero-order chi connectivity index (χ0) is 14.9. The van der Waals surface area contributed by atoms with Gasteiger partial charge in [0.2, 0.25) is 0 Å². The molecule has 0 bridgehead atoms. The van der Waals surface area contributed by atoms with E-state index in [1.54, 1.807) is 17.1 Å². The molecule has 21 heavy (non-hydrogen) atoms. The molecule has 2 heterocycles. The Morgan fingerprint density at radius 2 is 2.29 bits per heavy atom. The molecule has 2 aromatic heterocycles. The van der Waals surface area contributed by atoms with Gasteiger partial charge in [0.25, 0.3) is 0 Å². The lowest BCUT2D eigenvalue weighted by molar-refractivity contribution is 0.131. The van der Waals surface area contributed by atoms with Crippen LogP contribution < -0.4 is 0 Å². The van der Waals surface area contributed by atoms with Gasteiger partial charge in [-0.25, -0.2) is 9.67 Å². The van der Waals surface area contributed by atoms with Crippen molar-refractivity contribution in [2.45, 2.75) is 39.7 Å². The van der Waals surface area contributed by atoms with E-state index in [-0.39, 0.29) is 0 Å². The lowest BCUT2D eigenvalue weighted by atomic mass is 10.1. The Labute approximate surface area is 125 Å². The summed E-state index contributed by atoms with van der Waals surface area (Å²) in [7, 11) is 0. The second kappa shape index (κ2) is 8.19. The van der Waals surface area contributed by atoms with Crippen LogP contribution in [0.4, 0.5) is 0 Å². The van der Waals surface area contributed by atoms with E-state index >= 15 is 0 Å². The smallest absolute Gasteiger partial charge is 0.153 e. The Morgan fingerprint density at radius 1 is 1.38 bits per heavy atom. The van der Waals surface area contributed by atoms with Gasteiger partial charge in [-0.3, -0.25) is 0 Å². The van der Waals surface area contributed by atoms with Gasteiger partial charge < -0.3 is 4.84 Å². The van der Waals surface area contributed by atoms with Crippen molar-refractivity contribution in [2.75, 3.05) is 0 Å². The van der Waals surface area contributed by atoms with Crippen molar-refractivity contribution in [1.29, 1.82) is 0 Å². The van der Waals surface area contributed by atoms with Crippen molar-refractivity contribution in [3.05, 3.63) is 42.4 Å². The molecule has 0 spiro atoms. The van der Waals surface area contributed by atoms with Gasteiger partial charge in [-0.05, 0) is 30.9 Å². The SMILES string of the molecule is CC(C)CCCC=NOCc1ccc(-n2cccn2)nc1. The summed E-state index contributed by atoms with van der Waals surface area (Å²) in [6.07, 6.45) is 10.6. The molecule has 112 valence electrons. The summed E-state index contributed by atoms with van der Waals surface area (Å²) < 4.78 is 1.72. The van der Waals surface area contributed by atoms with E-state index in [4.69, 9.17) is 4.84 Å². The maximum Gasteiger partial charge on any atom is 0.153 e. The summed E-state index contributed by atoms with van der Waals surface area (Å²) in [5.41, 5.74) is 0.991. The molecule has 5 nitrogen and oxygen atoms in total. The average Bonchev–Trinajstić information content (AvgIpc) is 3.01. The van der Waals surface area contributed by atoms with Crippen molar-refractivity contribution in [3.63, 3.8) is 0 Å². The van der Waals surface area contributed by atoms with Crippen LogP contribution in [0, 0.1) is 5.92 Å². The van der Waals surface area contributed by atoms with Crippen LogP contribution in [0.5, 0.6) is 0 Å². The highest BCUT2D eigenvalue weighted by atomic mass is 16.6.